The van der Waals surface area contributed by atoms with Gasteiger partial charge in [0, 0.05) is 35.1 Å². The lowest BCUT2D eigenvalue weighted by atomic mass is 9.97. The summed E-state index contributed by atoms with van der Waals surface area (Å²) in [7, 11) is -3.54. The molecule has 0 atom stereocenters. The number of carboxylic acid groups (broad SMARTS) is 1. The van der Waals surface area contributed by atoms with Crippen LogP contribution in [-0.2, 0) is 10.0 Å². The Morgan fingerprint density at radius 2 is 2.00 bits per heavy atom. The summed E-state index contributed by atoms with van der Waals surface area (Å²) in [6, 6.07) is 7.43. The average Bonchev–Trinajstić information content (AvgIpc) is 2.98. The van der Waals surface area contributed by atoms with Crippen molar-refractivity contribution in [3.63, 3.8) is 0 Å². The van der Waals surface area contributed by atoms with Gasteiger partial charge in [0.25, 0.3) is 0 Å². The number of fused-ring (bicyclic) bond motifs is 1. The van der Waals surface area contributed by atoms with Crippen LogP contribution in [0.15, 0.2) is 34.5 Å². The summed E-state index contributed by atoms with van der Waals surface area (Å²) in [6.07, 6.45) is 0.451. The molecule has 0 spiro atoms. The highest BCUT2D eigenvalue weighted by Gasteiger charge is 2.25. The maximum Gasteiger partial charge on any atom is 0.407 e. The summed E-state index contributed by atoms with van der Waals surface area (Å²) in [4.78, 5) is 12.6. The predicted molar refractivity (Wildman–Crippen MR) is 89.3 cm³/mol. The van der Waals surface area contributed by atoms with E-state index in [0.29, 0.717) is 37.4 Å². The first-order valence-electron chi connectivity index (χ1n) is 7.41. The van der Waals surface area contributed by atoms with Crippen molar-refractivity contribution < 1.29 is 18.3 Å². The number of rotatable bonds is 4. The SMILES string of the molecule is O=C(O)N1CCC(CNS(=O)(=O)c2csc3ccccc23)CC1. The Kier molecular flexibility index (Phi) is 4.56. The molecule has 3 rings (SSSR count). The minimum absolute atomic E-state index is 0.172. The largest absolute Gasteiger partial charge is 0.465 e. The van der Waals surface area contributed by atoms with Crippen molar-refractivity contribution in [3.8, 4) is 0 Å². The minimum Gasteiger partial charge on any atom is -0.465 e. The van der Waals surface area contributed by atoms with E-state index >= 15 is 0 Å². The molecule has 1 aliphatic heterocycles. The maximum absolute atomic E-state index is 12.5. The number of amides is 1. The standard InChI is InChI=1S/C15H18N2O4S2/c18-15(19)17-7-5-11(6-8-17)9-16-23(20,21)14-10-22-13-4-2-1-3-12(13)14/h1-4,10-11,16H,5-9H2,(H,18,19). The fraction of sp³-hybridized carbons (Fsp3) is 0.400. The number of nitrogens with zero attached hydrogens (tertiary/aromatic N) is 1. The molecular formula is C15H18N2O4S2. The van der Waals surface area contributed by atoms with Crippen LogP contribution in [0.5, 0.6) is 0 Å². The molecule has 23 heavy (non-hydrogen) atoms. The summed E-state index contributed by atoms with van der Waals surface area (Å²) in [5.41, 5.74) is 0. The molecule has 0 unspecified atom stereocenters. The van der Waals surface area contributed by atoms with Crippen LogP contribution in [0.3, 0.4) is 0 Å². The van der Waals surface area contributed by atoms with Gasteiger partial charge in [0.15, 0.2) is 0 Å². The van der Waals surface area contributed by atoms with Gasteiger partial charge in [-0.25, -0.2) is 17.9 Å². The number of thiophene rings is 1. The Labute approximate surface area is 138 Å². The highest BCUT2D eigenvalue weighted by atomic mass is 32.2. The number of benzene rings is 1. The summed E-state index contributed by atoms with van der Waals surface area (Å²) >= 11 is 1.41. The number of sulfonamides is 1. The van der Waals surface area contributed by atoms with Gasteiger partial charge >= 0.3 is 6.09 Å². The van der Waals surface area contributed by atoms with Gasteiger partial charge < -0.3 is 10.0 Å². The van der Waals surface area contributed by atoms with Crippen molar-refractivity contribution in [2.75, 3.05) is 19.6 Å². The number of piperidine rings is 1. The predicted octanol–water partition coefficient (Wildman–Crippen LogP) is 2.57. The van der Waals surface area contributed by atoms with Gasteiger partial charge in [0.05, 0.1) is 0 Å². The van der Waals surface area contributed by atoms with Crippen LogP contribution in [0.25, 0.3) is 10.1 Å². The third-order valence-electron chi connectivity index (χ3n) is 4.18. The van der Waals surface area contributed by atoms with E-state index < -0.39 is 16.1 Å². The fourth-order valence-corrected chi connectivity index (χ4v) is 5.41. The smallest absolute Gasteiger partial charge is 0.407 e. The van der Waals surface area contributed by atoms with Crippen molar-refractivity contribution in [1.82, 2.24) is 9.62 Å². The molecule has 0 aliphatic carbocycles. The van der Waals surface area contributed by atoms with E-state index in [9.17, 15) is 13.2 Å². The van der Waals surface area contributed by atoms with E-state index in [4.69, 9.17) is 5.11 Å². The molecule has 0 saturated carbocycles. The van der Waals surface area contributed by atoms with Gasteiger partial charge in [-0.3, -0.25) is 0 Å². The third-order valence-corrected chi connectivity index (χ3v) is 6.76. The molecule has 2 N–H and O–H groups in total. The van der Waals surface area contributed by atoms with E-state index in [1.54, 1.807) is 5.38 Å². The molecule has 0 radical (unpaired) electrons. The second-order valence-electron chi connectivity index (χ2n) is 5.66. The Morgan fingerprint density at radius 3 is 2.70 bits per heavy atom. The zero-order chi connectivity index (χ0) is 16.4. The lowest BCUT2D eigenvalue weighted by Crippen LogP contribution is -2.40. The zero-order valence-corrected chi connectivity index (χ0v) is 14.1. The van der Waals surface area contributed by atoms with Crippen molar-refractivity contribution >= 4 is 37.5 Å². The molecule has 6 nitrogen and oxygen atoms in total. The lowest BCUT2D eigenvalue weighted by Gasteiger charge is -2.29. The van der Waals surface area contributed by atoms with E-state index in [0.717, 1.165) is 10.1 Å². The van der Waals surface area contributed by atoms with Gasteiger partial charge in [0.1, 0.15) is 4.90 Å². The van der Waals surface area contributed by atoms with Crippen molar-refractivity contribution in [2.24, 2.45) is 5.92 Å². The first kappa shape index (κ1) is 16.2. The van der Waals surface area contributed by atoms with E-state index in [-0.39, 0.29) is 5.92 Å². The van der Waals surface area contributed by atoms with E-state index in [2.05, 4.69) is 4.72 Å². The quantitative estimate of drug-likeness (QED) is 0.883. The molecule has 1 fully saturated rings. The topological polar surface area (TPSA) is 86.7 Å². The molecule has 1 saturated heterocycles. The van der Waals surface area contributed by atoms with Crippen molar-refractivity contribution in [3.05, 3.63) is 29.6 Å². The number of hydrogen-bond donors (Lipinski definition) is 2. The molecular weight excluding hydrogens is 336 g/mol. The Morgan fingerprint density at radius 1 is 1.30 bits per heavy atom. The molecule has 2 heterocycles. The van der Waals surface area contributed by atoms with E-state index in [1.807, 2.05) is 24.3 Å². The molecule has 1 aromatic heterocycles. The Balaban J connectivity index is 1.65. The van der Waals surface area contributed by atoms with Crippen LogP contribution >= 0.6 is 11.3 Å². The molecule has 0 bridgehead atoms. The number of likely N-dealkylation sites (tertiary alicyclic amines) is 1. The Hall–Kier alpha value is -1.64. The van der Waals surface area contributed by atoms with Gasteiger partial charge in [-0.2, -0.15) is 0 Å². The second-order valence-corrected chi connectivity index (χ2v) is 8.31. The highest BCUT2D eigenvalue weighted by Crippen LogP contribution is 2.29. The highest BCUT2D eigenvalue weighted by molar-refractivity contribution is 7.90. The second kappa shape index (κ2) is 6.46. The van der Waals surface area contributed by atoms with Crippen LogP contribution in [0.1, 0.15) is 12.8 Å². The normalized spacial score (nSPS) is 16.8. The average molecular weight is 354 g/mol. The van der Waals surface area contributed by atoms with Gasteiger partial charge in [-0.15, -0.1) is 11.3 Å². The van der Waals surface area contributed by atoms with Crippen molar-refractivity contribution in [2.45, 2.75) is 17.7 Å². The molecule has 2 aromatic rings. The summed E-state index contributed by atoms with van der Waals surface area (Å²) in [5, 5.41) is 11.3. The fourth-order valence-electron chi connectivity index (χ4n) is 2.80. The first-order valence-corrected chi connectivity index (χ1v) is 9.77. The summed E-state index contributed by atoms with van der Waals surface area (Å²) in [6.45, 7) is 1.27. The van der Waals surface area contributed by atoms with Crippen LogP contribution in [0.2, 0.25) is 0 Å². The van der Waals surface area contributed by atoms with Crippen LogP contribution in [0, 0.1) is 5.92 Å². The number of nitrogens with one attached hydrogen (secondary N) is 1. The van der Waals surface area contributed by atoms with Crippen LogP contribution in [0.4, 0.5) is 4.79 Å². The van der Waals surface area contributed by atoms with E-state index in [1.165, 1.54) is 16.2 Å². The van der Waals surface area contributed by atoms with Crippen molar-refractivity contribution in [1.29, 1.82) is 0 Å². The van der Waals surface area contributed by atoms with Gasteiger partial charge in [-0.1, -0.05) is 18.2 Å². The number of hydrogen-bond acceptors (Lipinski definition) is 4. The van der Waals surface area contributed by atoms with Gasteiger partial charge in [-0.05, 0) is 24.8 Å². The molecule has 1 amide bonds. The Bertz CT molecular complexity index is 808. The minimum atomic E-state index is -3.54. The lowest BCUT2D eigenvalue weighted by molar-refractivity contribution is 0.125. The molecule has 124 valence electrons. The summed E-state index contributed by atoms with van der Waals surface area (Å²) < 4.78 is 28.7. The molecule has 8 heteroatoms. The third kappa shape index (κ3) is 3.49. The maximum atomic E-state index is 12.5. The first-order chi connectivity index (χ1) is 11.0. The monoisotopic (exact) mass is 354 g/mol. The van der Waals surface area contributed by atoms with Crippen LogP contribution in [-0.4, -0.2) is 44.2 Å². The molecule has 1 aliphatic rings. The number of carbonyl (C=O) groups is 1. The summed E-state index contributed by atoms with van der Waals surface area (Å²) in [5.74, 6) is 0.172. The molecule has 1 aromatic carbocycles. The zero-order valence-electron chi connectivity index (χ0n) is 12.4. The van der Waals surface area contributed by atoms with Crippen LogP contribution < -0.4 is 4.72 Å². The van der Waals surface area contributed by atoms with Gasteiger partial charge in [0.2, 0.25) is 10.0 Å².